The minimum atomic E-state index is -1.18. The largest absolute Gasteiger partial charge is 0.481 e. The molecule has 1 aromatic rings. The minimum absolute atomic E-state index is 0.178. The highest BCUT2D eigenvalue weighted by Gasteiger charge is 2.26. The number of Topliss-reactive ketones (excluding diaryl/α,β-unsaturated/α-hetero) is 1. The van der Waals surface area contributed by atoms with Gasteiger partial charge in [0.05, 0.1) is 0 Å². The molecule has 1 unspecified atom stereocenters. The van der Waals surface area contributed by atoms with Crippen molar-refractivity contribution in [2.75, 3.05) is 6.54 Å². The molecule has 0 radical (unpaired) electrons. The first-order valence-electron chi connectivity index (χ1n) is 4.60. The molecule has 15 heavy (non-hydrogen) atoms. The van der Waals surface area contributed by atoms with E-state index in [1.54, 1.807) is 31.2 Å². The van der Waals surface area contributed by atoms with Crippen molar-refractivity contribution in [3.05, 3.63) is 35.4 Å². The molecule has 0 aromatic heterocycles. The molecule has 1 atom stereocenters. The van der Waals surface area contributed by atoms with E-state index >= 15 is 0 Å². The zero-order valence-corrected chi connectivity index (χ0v) is 8.43. The van der Waals surface area contributed by atoms with Crippen molar-refractivity contribution in [1.29, 1.82) is 0 Å². The van der Waals surface area contributed by atoms with Gasteiger partial charge in [-0.3, -0.25) is 9.59 Å². The zero-order chi connectivity index (χ0) is 11.4. The Labute approximate surface area is 87.7 Å². The van der Waals surface area contributed by atoms with Crippen LogP contribution in [0, 0.1) is 12.8 Å². The van der Waals surface area contributed by atoms with Crippen molar-refractivity contribution in [3.63, 3.8) is 0 Å². The minimum Gasteiger partial charge on any atom is -0.481 e. The molecule has 1 rings (SSSR count). The normalized spacial score (nSPS) is 12.1. The van der Waals surface area contributed by atoms with Gasteiger partial charge in [0.25, 0.3) is 0 Å². The summed E-state index contributed by atoms with van der Waals surface area (Å²) in [7, 11) is 0. The second-order valence-electron chi connectivity index (χ2n) is 3.31. The number of hydrogen-bond acceptors (Lipinski definition) is 3. The van der Waals surface area contributed by atoms with Crippen LogP contribution in [0.1, 0.15) is 15.9 Å². The first-order valence-corrected chi connectivity index (χ1v) is 4.60. The van der Waals surface area contributed by atoms with E-state index in [4.69, 9.17) is 10.8 Å². The van der Waals surface area contributed by atoms with Crippen LogP contribution >= 0.6 is 0 Å². The third-order valence-electron chi connectivity index (χ3n) is 2.26. The molecule has 0 saturated carbocycles. The van der Waals surface area contributed by atoms with E-state index in [9.17, 15) is 9.59 Å². The van der Waals surface area contributed by atoms with Gasteiger partial charge < -0.3 is 10.8 Å². The highest BCUT2D eigenvalue weighted by Crippen LogP contribution is 2.13. The number of benzene rings is 1. The van der Waals surface area contributed by atoms with Crippen molar-refractivity contribution in [2.24, 2.45) is 11.7 Å². The molecule has 0 aliphatic carbocycles. The van der Waals surface area contributed by atoms with Crippen molar-refractivity contribution < 1.29 is 14.7 Å². The van der Waals surface area contributed by atoms with E-state index < -0.39 is 17.7 Å². The maximum Gasteiger partial charge on any atom is 0.315 e. The lowest BCUT2D eigenvalue weighted by molar-refractivity contribution is -0.139. The lowest BCUT2D eigenvalue weighted by Crippen LogP contribution is -2.31. The predicted octanol–water partition coefficient (Wildman–Crippen LogP) is 0.837. The highest BCUT2D eigenvalue weighted by molar-refractivity contribution is 6.09. The maximum atomic E-state index is 11.8. The number of rotatable bonds is 4. The average Bonchev–Trinajstić information content (AvgIpc) is 2.18. The van der Waals surface area contributed by atoms with Gasteiger partial charge >= 0.3 is 5.97 Å². The Balaban J connectivity index is 3.03. The van der Waals surface area contributed by atoms with E-state index in [1.807, 2.05) is 0 Å². The van der Waals surface area contributed by atoms with Gasteiger partial charge in [0, 0.05) is 12.1 Å². The standard InChI is InChI=1S/C11H13NO3/c1-7-4-2-3-5-8(7)10(13)9(6-12)11(14)15/h2-5,9H,6,12H2,1H3,(H,14,15). The molecule has 0 fully saturated rings. The Hall–Kier alpha value is -1.68. The first-order chi connectivity index (χ1) is 7.07. The van der Waals surface area contributed by atoms with Gasteiger partial charge in [0.2, 0.25) is 0 Å². The number of carbonyl (C=O) groups is 2. The van der Waals surface area contributed by atoms with Crippen LogP contribution in [0.15, 0.2) is 24.3 Å². The number of carboxylic acid groups (broad SMARTS) is 1. The summed E-state index contributed by atoms with van der Waals surface area (Å²) in [6.45, 7) is 1.59. The van der Waals surface area contributed by atoms with E-state index in [-0.39, 0.29) is 6.54 Å². The van der Waals surface area contributed by atoms with E-state index in [1.165, 1.54) is 0 Å². The fourth-order valence-electron chi connectivity index (χ4n) is 1.36. The summed E-state index contributed by atoms with van der Waals surface area (Å²) in [4.78, 5) is 22.5. The van der Waals surface area contributed by atoms with Crippen molar-refractivity contribution in [3.8, 4) is 0 Å². The van der Waals surface area contributed by atoms with Crippen molar-refractivity contribution in [2.45, 2.75) is 6.92 Å². The van der Waals surface area contributed by atoms with Gasteiger partial charge in [-0.05, 0) is 12.5 Å². The molecule has 0 heterocycles. The van der Waals surface area contributed by atoms with Gasteiger partial charge in [-0.1, -0.05) is 24.3 Å². The molecule has 0 amide bonds. The van der Waals surface area contributed by atoms with Crippen LogP contribution in [0.25, 0.3) is 0 Å². The third-order valence-corrected chi connectivity index (χ3v) is 2.26. The summed E-state index contributed by atoms with van der Waals surface area (Å²) in [5.74, 6) is -2.75. The Morgan fingerprint density at radius 3 is 2.47 bits per heavy atom. The molecule has 0 aliphatic heterocycles. The molecule has 1 aromatic carbocycles. The average molecular weight is 207 g/mol. The topological polar surface area (TPSA) is 80.4 Å². The summed E-state index contributed by atoms with van der Waals surface area (Å²) in [6.07, 6.45) is 0. The smallest absolute Gasteiger partial charge is 0.315 e. The number of carboxylic acids is 1. The molecule has 4 nitrogen and oxygen atoms in total. The fraction of sp³-hybridized carbons (Fsp3) is 0.273. The molecule has 0 aliphatic rings. The number of aryl methyl sites for hydroxylation is 1. The van der Waals surface area contributed by atoms with Gasteiger partial charge in [0.1, 0.15) is 5.92 Å². The van der Waals surface area contributed by atoms with Crippen LogP contribution in [0.2, 0.25) is 0 Å². The number of nitrogens with two attached hydrogens (primary N) is 1. The molecule has 80 valence electrons. The molecule has 0 bridgehead atoms. The van der Waals surface area contributed by atoms with Crippen LogP contribution in [-0.4, -0.2) is 23.4 Å². The molecular weight excluding hydrogens is 194 g/mol. The SMILES string of the molecule is Cc1ccccc1C(=O)C(CN)C(=O)O. The van der Waals surface area contributed by atoms with Gasteiger partial charge in [0.15, 0.2) is 5.78 Å². The summed E-state index contributed by atoms with van der Waals surface area (Å²) < 4.78 is 0. The van der Waals surface area contributed by atoms with Crippen LogP contribution < -0.4 is 5.73 Å². The van der Waals surface area contributed by atoms with E-state index in [2.05, 4.69) is 0 Å². The van der Waals surface area contributed by atoms with E-state index in [0.717, 1.165) is 5.56 Å². The van der Waals surface area contributed by atoms with Crippen molar-refractivity contribution in [1.82, 2.24) is 0 Å². The number of aliphatic carboxylic acids is 1. The number of carbonyl (C=O) groups excluding carboxylic acids is 1. The monoisotopic (exact) mass is 207 g/mol. The zero-order valence-electron chi connectivity index (χ0n) is 8.43. The molecular formula is C11H13NO3. The van der Waals surface area contributed by atoms with Crippen LogP contribution in [0.5, 0.6) is 0 Å². The number of hydrogen-bond donors (Lipinski definition) is 2. The third kappa shape index (κ3) is 2.41. The van der Waals surface area contributed by atoms with Crippen LogP contribution in [0.3, 0.4) is 0 Å². The Morgan fingerprint density at radius 1 is 1.40 bits per heavy atom. The summed E-state index contributed by atoms with van der Waals surface area (Å²) in [5.41, 5.74) is 6.45. The quantitative estimate of drug-likeness (QED) is 0.566. The molecule has 0 saturated heterocycles. The lowest BCUT2D eigenvalue weighted by Gasteiger charge is -2.10. The molecule has 0 spiro atoms. The van der Waals surface area contributed by atoms with Crippen molar-refractivity contribution >= 4 is 11.8 Å². The Kier molecular flexibility index (Phi) is 3.57. The predicted molar refractivity (Wildman–Crippen MR) is 55.7 cm³/mol. The summed E-state index contributed by atoms with van der Waals surface area (Å²) >= 11 is 0. The lowest BCUT2D eigenvalue weighted by atomic mass is 9.95. The van der Waals surface area contributed by atoms with Gasteiger partial charge in [-0.25, -0.2) is 0 Å². The first kappa shape index (κ1) is 11.4. The highest BCUT2D eigenvalue weighted by atomic mass is 16.4. The Bertz CT molecular complexity index is 387. The Morgan fingerprint density at radius 2 is 2.00 bits per heavy atom. The second kappa shape index (κ2) is 4.70. The summed E-state index contributed by atoms with van der Waals surface area (Å²) in [5, 5.41) is 8.80. The van der Waals surface area contributed by atoms with E-state index in [0.29, 0.717) is 5.56 Å². The van der Waals surface area contributed by atoms with Crippen LogP contribution in [-0.2, 0) is 4.79 Å². The van der Waals surface area contributed by atoms with Gasteiger partial charge in [-0.15, -0.1) is 0 Å². The maximum absolute atomic E-state index is 11.8. The van der Waals surface area contributed by atoms with Gasteiger partial charge in [-0.2, -0.15) is 0 Å². The molecule has 3 N–H and O–H groups in total. The molecule has 4 heteroatoms. The second-order valence-corrected chi connectivity index (χ2v) is 3.31. The summed E-state index contributed by atoms with van der Waals surface area (Å²) in [6, 6.07) is 6.88. The fourth-order valence-corrected chi connectivity index (χ4v) is 1.36. The number of ketones is 1. The van der Waals surface area contributed by atoms with Crippen LogP contribution in [0.4, 0.5) is 0 Å².